The molecule has 1 aromatic heterocycles. The van der Waals surface area contributed by atoms with Crippen LogP contribution in [0.5, 0.6) is 0 Å². The number of nitrogens with zero attached hydrogens (tertiary/aromatic N) is 3. The number of nitro groups is 1. The summed E-state index contributed by atoms with van der Waals surface area (Å²) >= 11 is 0. The fourth-order valence-electron chi connectivity index (χ4n) is 2.66. The van der Waals surface area contributed by atoms with Crippen LogP contribution in [-0.4, -0.2) is 47.4 Å². The lowest BCUT2D eigenvalue weighted by molar-refractivity contribution is -0.383. The van der Waals surface area contributed by atoms with Gasteiger partial charge in [-0.2, -0.15) is 0 Å². The van der Waals surface area contributed by atoms with E-state index in [1.807, 2.05) is 4.90 Å². The van der Waals surface area contributed by atoms with Gasteiger partial charge in [0.1, 0.15) is 5.52 Å². The van der Waals surface area contributed by atoms with Crippen LogP contribution in [0, 0.1) is 10.1 Å². The van der Waals surface area contributed by atoms with Gasteiger partial charge in [0.2, 0.25) is 0 Å². The van der Waals surface area contributed by atoms with E-state index in [4.69, 9.17) is 4.74 Å². The Labute approximate surface area is 120 Å². The maximum atomic E-state index is 11.1. The average molecular weight is 289 g/mol. The summed E-state index contributed by atoms with van der Waals surface area (Å²) in [5.41, 5.74) is 1.40. The molecule has 1 N–H and O–H groups in total. The number of ether oxygens (including phenoxy) is 1. The molecule has 3 rings (SSSR count). The number of aliphatic hydroxyl groups excluding tert-OH is 1. The number of pyridine rings is 1. The van der Waals surface area contributed by atoms with Crippen molar-refractivity contribution >= 4 is 22.3 Å². The molecule has 0 bridgehead atoms. The average Bonchev–Trinajstić information content (AvgIpc) is 2.53. The minimum atomic E-state index is -0.406. The zero-order valence-corrected chi connectivity index (χ0v) is 11.3. The molecular formula is C14H15N3O4. The van der Waals surface area contributed by atoms with Crippen LogP contribution in [0.15, 0.2) is 30.5 Å². The van der Waals surface area contributed by atoms with Crippen molar-refractivity contribution in [2.45, 2.75) is 6.04 Å². The number of hydrogen-bond donors (Lipinski definition) is 1. The van der Waals surface area contributed by atoms with Gasteiger partial charge in [0, 0.05) is 18.8 Å². The van der Waals surface area contributed by atoms with E-state index in [-0.39, 0.29) is 18.3 Å². The maximum absolute atomic E-state index is 11.1. The monoisotopic (exact) mass is 289 g/mol. The van der Waals surface area contributed by atoms with Crippen LogP contribution in [-0.2, 0) is 4.74 Å². The molecule has 0 amide bonds. The number of non-ortho nitro benzene ring substituents is 1. The highest BCUT2D eigenvalue weighted by molar-refractivity contribution is 5.97. The van der Waals surface area contributed by atoms with E-state index < -0.39 is 4.92 Å². The Kier molecular flexibility index (Phi) is 3.68. The van der Waals surface area contributed by atoms with Gasteiger partial charge in [0.25, 0.3) is 5.69 Å². The molecule has 0 aliphatic carbocycles. The minimum absolute atomic E-state index is 0.0364. The molecule has 110 valence electrons. The summed E-state index contributed by atoms with van der Waals surface area (Å²) in [7, 11) is 0. The lowest BCUT2D eigenvalue weighted by atomic mass is 10.1. The summed E-state index contributed by atoms with van der Waals surface area (Å²) in [6.45, 7) is 1.57. The zero-order valence-electron chi connectivity index (χ0n) is 11.3. The molecule has 2 heterocycles. The van der Waals surface area contributed by atoms with Gasteiger partial charge in [0.15, 0.2) is 0 Å². The molecule has 7 heteroatoms. The van der Waals surface area contributed by atoms with Gasteiger partial charge in [-0.3, -0.25) is 15.1 Å². The zero-order chi connectivity index (χ0) is 14.8. The van der Waals surface area contributed by atoms with Gasteiger partial charge in [-0.1, -0.05) is 0 Å². The first-order valence-corrected chi connectivity index (χ1v) is 6.69. The van der Waals surface area contributed by atoms with Gasteiger partial charge in [0.05, 0.1) is 41.9 Å². The number of morpholine rings is 1. The fourth-order valence-corrected chi connectivity index (χ4v) is 2.66. The number of rotatable bonds is 3. The van der Waals surface area contributed by atoms with E-state index in [2.05, 4.69) is 4.98 Å². The first kappa shape index (κ1) is 13.7. The highest BCUT2D eigenvalue weighted by Crippen LogP contribution is 2.33. The van der Waals surface area contributed by atoms with E-state index in [1.54, 1.807) is 24.4 Å². The molecule has 0 saturated carbocycles. The molecule has 21 heavy (non-hydrogen) atoms. The van der Waals surface area contributed by atoms with Crippen LogP contribution in [0.25, 0.3) is 10.9 Å². The standard InChI is InChI=1S/C14H15N3O4/c18-8-10-9-21-7-6-16(10)13-4-3-12(17(19)20)11-2-1-5-15-14(11)13/h1-5,10,18H,6-9H2. The second kappa shape index (κ2) is 5.63. The van der Waals surface area contributed by atoms with Gasteiger partial charge in [-0.15, -0.1) is 0 Å². The van der Waals surface area contributed by atoms with E-state index in [9.17, 15) is 15.2 Å². The summed E-state index contributed by atoms with van der Waals surface area (Å²) in [6.07, 6.45) is 1.62. The van der Waals surface area contributed by atoms with Gasteiger partial charge >= 0.3 is 0 Å². The molecule has 2 aromatic rings. The molecule has 1 aromatic carbocycles. The number of aromatic nitrogens is 1. The number of aliphatic hydroxyl groups is 1. The molecular weight excluding hydrogens is 274 g/mol. The number of fused-ring (bicyclic) bond motifs is 1. The van der Waals surface area contributed by atoms with E-state index in [0.29, 0.717) is 30.7 Å². The second-order valence-electron chi connectivity index (χ2n) is 4.87. The summed E-state index contributed by atoms with van der Waals surface area (Å²) in [5, 5.41) is 21.1. The van der Waals surface area contributed by atoms with Crippen molar-refractivity contribution in [2.24, 2.45) is 0 Å². The van der Waals surface area contributed by atoms with Crippen molar-refractivity contribution in [3.63, 3.8) is 0 Å². The summed E-state index contributed by atoms with van der Waals surface area (Å²) in [4.78, 5) is 17.0. The SMILES string of the molecule is O=[N+]([O-])c1ccc(N2CCOCC2CO)c2ncccc12. The highest BCUT2D eigenvalue weighted by Gasteiger charge is 2.26. The quantitative estimate of drug-likeness (QED) is 0.677. The molecule has 1 saturated heterocycles. The predicted molar refractivity (Wildman–Crippen MR) is 77.4 cm³/mol. The summed E-state index contributed by atoms with van der Waals surface area (Å²) in [6, 6.07) is 6.40. The number of anilines is 1. The van der Waals surface area contributed by atoms with Crippen LogP contribution >= 0.6 is 0 Å². The minimum Gasteiger partial charge on any atom is -0.394 e. The van der Waals surface area contributed by atoms with Crippen LogP contribution < -0.4 is 4.90 Å². The van der Waals surface area contributed by atoms with E-state index in [1.165, 1.54) is 6.07 Å². The van der Waals surface area contributed by atoms with E-state index >= 15 is 0 Å². The molecule has 1 atom stereocenters. The van der Waals surface area contributed by atoms with Crippen LogP contribution in [0.3, 0.4) is 0 Å². The molecule has 7 nitrogen and oxygen atoms in total. The van der Waals surface area contributed by atoms with Crippen molar-refractivity contribution in [1.29, 1.82) is 0 Å². The van der Waals surface area contributed by atoms with Crippen molar-refractivity contribution in [1.82, 2.24) is 4.98 Å². The second-order valence-corrected chi connectivity index (χ2v) is 4.87. The van der Waals surface area contributed by atoms with Gasteiger partial charge in [-0.25, -0.2) is 0 Å². The first-order valence-electron chi connectivity index (χ1n) is 6.69. The smallest absolute Gasteiger partial charge is 0.278 e. The summed E-state index contributed by atoms with van der Waals surface area (Å²) in [5.74, 6) is 0. The third-order valence-electron chi connectivity index (χ3n) is 3.67. The van der Waals surface area contributed by atoms with E-state index in [0.717, 1.165) is 5.69 Å². The Morgan fingerprint density at radius 2 is 2.33 bits per heavy atom. The normalized spacial score (nSPS) is 18.9. The van der Waals surface area contributed by atoms with Gasteiger partial charge < -0.3 is 14.7 Å². The fraction of sp³-hybridized carbons (Fsp3) is 0.357. The van der Waals surface area contributed by atoms with Crippen molar-refractivity contribution in [2.75, 3.05) is 31.3 Å². The summed E-state index contributed by atoms with van der Waals surface area (Å²) < 4.78 is 5.37. The third kappa shape index (κ3) is 2.41. The highest BCUT2D eigenvalue weighted by atomic mass is 16.6. The van der Waals surface area contributed by atoms with Crippen molar-refractivity contribution < 1.29 is 14.8 Å². The van der Waals surface area contributed by atoms with Gasteiger partial charge in [-0.05, 0) is 18.2 Å². The Morgan fingerprint density at radius 3 is 3.10 bits per heavy atom. The Bertz CT molecular complexity index is 676. The van der Waals surface area contributed by atoms with Crippen molar-refractivity contribution in [3.05, 3.63) is 40.6 Å². The third-order valence-corrected chi connectivity index (χ3v) is 3.67. The molecule has 0 radical (unpaired) electrons. The molecule has 1 fully saturated rings. The number of nitro benzene ring substituents is 1. The molecule has 0 spiro atoms. The lowest BCUT2D eigenvalue weighted by Gasteiger charge is -2.36. The molecule has 1 aliphatic heterocycles. The topological polar surface area (TPSA) is 88.7 Å². The Balaban J connectivity index is 2.15. The number of benzene rings is 1. The van der Waals surface area contributed by atoms with Crippen molar-refractivity contribution in [3.8, 4) is 0 Å². The maximum Gasteiger partial charge on any atom is 0.278 e. The predicted octanol–water partition coefficient (Wildman–Crippen LogP) is 1.34. The molecule has 1 aliphatic rings. The van der Waals surface area contributed by atoms with Crippen LogP contribution in [0.1, 0.15) is 0 Å². The lowest BCUT2D eigenvalue weighted by Crippen LogP contribution is -2.47. The number of hydrogen-bond acceptors (Lipinski definition) is 6. The Hall–Kier alpha value is -2.25. The Morgan fingerprint density at radius 1 is 1.48 bits per heavy atom. The van der Waals surface area contributed by atoms with Crippen LogP contribution in [0.2, 0.25) is 0 Å². The first-order chi connectivity index (χ1) is 10.2. The molecule has 1 unspecified atom stereocenters. The largest absolute Gasteiger partial charge is 0.394 e. The van der Waals surface area contributed by atoms with Crippen LogP contribution in [0.4, 0.5) is 11.4 Å².